The average molecular weight is 304 g/mol. The number of guanidine groups is 1. The number of rotatable bonds is 6. The molecule has 0 aromatic carbocycles. The van der Waals surface area contributed by atoms with Gasteiger partial charge in [0.25, 0.3) is 0 Å². The van der Waals surface area contributed by atoms with E-state index < -0.39 is 0 Å². The van der Waals surface area contributed by atoms with Gasteiger partial charge in [0.2, 0.25) is 5.95 Å². The Labute approximate surface area is 133 Å². The van der Waals surface area contributed by atoms with Gasteiger partial charge in [0.1, 0.15) is 0 Å². The molecule has 1 aromatic rings. The molecule has 0 unspecified atom stereocenters. The Kier molecular flexibility index (Phi) is 6.93. The summed E-state index contributed by atoms with van der Waals surface area (Å²) in [4.78, 5) is 18.0. The summed E-state index contributed by atoms with van der Waals surface area (Å²) < 4.78 is 0. The first-order valence-electron chi connectivity index (χ1n) is 8.40. The molecule has 1 saturated heterocycles. The summed E-state index contributed by atoms with van der Waals surface area (Å²) in [6.07, 6.45) is 7.26. The second-order valence-electron chi connectivity index (χ2n) is 5.47. The minimum absolute atomic E-state index is 0.826. The van der Waals surface area contributed by atoms with Crippen LogP contribution in [0.15, 0.2) is 23.5 Å². The third kappa shape index (κ3) is 4.86. The van der Waals surface area contributed by atoms with Crippen molar-refractivity contribution in [2.45, 2.75) is 33.1 Å². The quantitative estimate of drug-likeness (QED) is 0.493. The van der Waals surface area contributed by atoms with Crippen LogP contribution >= 0.6 is 0 Å². The van der Waals surface area contributed by atoms with Crippen molar-refractivity contribution < 1.29 is 0 Å². The highest BCUT2D eigenvalue weighted by atomic mass is 15.4. The highest BCUT2D eigenvalue weighted by Gasteiger charge is 2.20. The molecule has 1 fully saturated rings. The lowest BCUT2D eigenvalue weighted by atomic mass is 10.2. The second kappa shape index (κ2) is 9.23. The maximum Gasteiger partial charge on any atom is 0.225 e. The molecule has 2 heterocycles. The van der Waals surface area contributed by atoms with Crippen molar-refractivity contribution in [2.24, 2.45) is 4.99 Å². The van der Waals surface area contributed by atoms with Crippen LogP contribution in [0.2, 0.25) is 0 Å². The summed E-state index contributed by atoms with van der Waals surface area (Å²) in [6.45, 7) is 9.95. The molecule has 1 aliphatic rings. The van der Waals surface area contributed by atoms with E-state index in [2.05, 4.69) is 38.9 Å². The van der Waals surface area contributed by atoms with Gasteiger partial charge in [-0.05, 0) is 19.4 Å². The van der Waals surface area contributed by atoms with Crippen LogP contribution in [0.5, 0.6) is 0 Å². The average Bonchev–Trinajstić information content (AvgIpc) is 2.59. The molecule has 1 aliphatic heterocycles. The standard InChI is InChI=1S/C16H28N6/c1-3-5-6-8-18-15(17-4-2)21-11-13-22(14-12-21)16-19-9-7-10-20-16/h7,9-10H,3-6,8,11-14H2,1-2H3,(H,17,18). The first-order valence-corrected chi connectivity index (χ1v) is 8.40. The largest absolute Gasteiger partial charge is 0.357 e. The number of aliphatic imine (C=N–C) groups is 1. The van der Waals surface area contributed by atoms with Gasteiger partial charge < -0.3 is 15.1 Å². The zero-order chi connectivity index (χ0) is 15.6. The molecule has 0 amide bonds. The minimum Gasteiger partial charge on any atom is -0.357 e. The molecule has 1 N–H and O–H groups in total. The van der Waals surface area contributed by atoms with Gasteiger partial charge in [-0.15, -0.1) is 0 Å². The summed E-state index contributed by atoms with van der Waals surface area (Å²) >= 11 is 0. The number of hydrogen-bond donors (Lipinski definition) is 1. The molecule has 22 heavy (non-hydrogen) atoms. The third-order valence-corrected chi connectivity index (χ3v) is 3.77. The van der Waals surface area contributed by atoms with Crippen LogP contribution in [-0.4, -0.2) is 60.1 Å². The van der Waals surface area contributed by atoms with E-state index in [1.165, 1.54) is 19.3 Å². The van der Waals surface area contributed by atoms with Crippen molar-refractivity contribution in [1.29, 1.82) is 0 Å². The number of unbranched alkanes of at least 4 members (excludes halogenated alkanes) is 2. The van der Waals surface area contributed by atoms with Gasteiger partial charge in [-0.2, -0.15) is 0 Å². The Morgan fingerprint density at radius 1 is 1.14 bits per heavy atom. The summed E-state index contributed by atoms with van der Waals surface area (Å²) in [5, 5.41) is 3.41. The van der Waals surface area contributed by atoms with Crippen LogP contribution in [-0.2, 0) is 0 Å². The Morgan fingerprint density at radius 2 is 1.86 bits per heavy atom. The molecule has 0 aliphatic carbocycles. The molecule has 122 valence electrons. The number of anilines is 1. The van der Waals surface area contributed by atoms with E-state index >= 15 is 0 Å². The summed E-state index contributed by atoms with van der Waals surface area (Å²) in [5.41, 5.74) is 0. The predicted octanol–water partition coefficient (Wildman–Crippen LogP) is 1.75. The molecule has 0 spiro atoms. The van der Waals surface area contributed by atoms with E-state index in [0.29, 0.717) is 0 Å². The normalized spacial score (nSPS) is 16.0. The Hall–Kier alpha value is -1.85. The zero-order valence-corrected chi connectivity index (χ0v) is 13.8. The van der Waals surface area contributed by atoms with Gasteiger partial charge in [0, 0.05) is 51.7 Å². The second-order valence-corrected chi connectivity index (χ2v) is 5.47. The monoisotopic (exact) mass is 304 g/mol. The minimum atomic E-state index is 0.826. The molecule has 6 nitrogen and oxygen atoms in total. The third-order valence-electron chi connectivity index (χ3n) is 3.77. The van der Waals surface area contributed by atoms with Crippen molar-refractivity contribution in [1.82, 2.24) is 20.2 Å². The number of nitrogens with one attached hydrogen (secondary N) is 1. The Bertz CT molecular complexity index is 439. The van der Waals surface area contributed by atoms with Gasteiger partial charge in [-0.3, -0.25) is 4.99 Å². The van der Waals surface area contributed by atoms with Crippen molar-refractivity contribution in [3.8, 4) is 0 Å². The number of piperazine rings is 1. The zero-order valence-electron chi connectivity index (χ0n) is 13.8. The van der Waals surface area contributed by atoms with Crippen LogP contribution in [0, 0.1) is 0 Å². The predicted molar refractivity (Wildman–Crippen MR) is 91.3 cm³/mol. The van der Waals surface area contributed by atoms with Gasteiger partial charge >= 0.3 is 0 Å². The fourth-order valence-corrected chi connectivity index (χ4v) is 2.55. The van der Waals surface area contributed by atoms with Crippen LogP contribution in [0.1, 0.15) is 33.1 Å². The van der Waals surface area contributed by atoms with E-state index in [0.717, 1.165) is 51.2 Å². The van der Waals surface area contributed by atoms with Crippen LogP contribution in [0.25, 0.3) is 0 Å². The van der Waals surface area contributed by atoms with Gasteiger partial charge in [0.05, 0.1) is 0 Å². The van der Waals surface area contributed by atoms with E-state index in [1.54, 1.807) is 12.4 Å². The van der Waals surface area contributed by atoms with E-state index in [1.807, 2.05) is 6.07 Å². The smallest absolute Gasteiger partial charge is 0.225 e. The van der Waals surface area contributed by atoms with Crippen molar-refractivity contribution in [3.05, 3.63) is 18.5 Å². The topological polar surface area (TPSA) is 56.7 Å². The van der Waals surface area contributed by atoms with E-state index in [9.17, 15) is 0 Å². The number of hydrogen-bond acceptors (Lipinski definition) is 4. The first kappa shape index (κ1) is 16.5. The van der Waals surface area contributed by atoms with Crippen LogP contribution in [0.4, 0.5) is 5.95 Å². The Balaban J connectivity index is 1.87. The molecule has 0 atom stereocenters. The molecule has 2 rings (SSSR count). The van der Waals surface area contributed by atoms with Crippen LogP contribution in [0.3, 0.4) is 0 Å². The summed E-state index contributed by atoms with van der Waals surface area (Å²) in [5.74, 6) is 1.87. The Morgan fingerprint density at radius 3 is 2.50 bits per heavy atom. The van der Waals surface area contributed by atoms with Crippen molar-refractivity contribution in [3.63, 3.8) is 0 Å². The molecule has 0 radical (unpaired) electrons. The fourth-order valence-electron chi connectivity index (χ4n) is 2.55. The van der Waals surface area contributed by atoms with Gasteiger partial charge in [0.15, 0.2) is 5.96 Å². The lowest BCUT2D eigenvalue weighted by Gasteiger charge is -2.36. The van der Waals surface area contributed by atoms with E-state index in [4.69, 9.17) is 4.99 Å². The summed E-state index contributed by atoms with van der Waals surface area (Å²) in [6, 6.07) is 1.85. The maximum absolute atomic E-state index is 4.75. The fraction of sp³-hybridized carbons (Fsp3) is 0.688. The van der Waals surface area contributed by atoms with Crippen molar-refractivity contribution >= 4 is 11.9 Å². The van der Waals surface area contributed by atoms with Gasteiger partial charge in [-0.1, -0.05) is 19.8 Å². The molecule has 6 heteroatoms. The van der Waals surface area contributed by atoms with Crippen molar-refractivity contribution in [2.75, 3.05) is 44.2 Å². The van der Waals surface area contributed by atoms with Crippen LogP contribution < -0.4 is 10.2 Å². The van der Waals surface area contributed by atoms with Gasteiger partial charge in [-0.25, -0.2) is 9.97 Å². The number of aromatic nitrogens is 2. The highest BCUT2D eigenvalue weighted by molar-refractivity contribution is 5.80. The molecular formula is C16H28N6. The molecule has 0 saturated carbocycles. The molecular weight excluding hydrogens is 276 g/mol. The maximum atomic E-state index is 4.75. The molecule has 1 aromatic heterocycles. The lowest BCUT2D eigenvalue weighted by molar-refractivity contribution is 0.370. The first-order chi connectivity index (χ1) is 10.8. The van der Waals surface area contributed by atoms with E-state index in [-0.39, 0.29) is 0 Å². The highest BCUT2D eigenvalue weighted by Crippen LogP contribution is 2.09. The SMILES string of the molecule is CCCCCN=C(NCC)N1CCN(c2ncccn2)CC1. The molecule has 0 bridgehead atoms. The summed E-state index contributed by atoms with van der Waals surface area (Å²) in [7, 11) is 0. The number of nitrogens with zero attached hydrogens (tertiary/aromatic N) is 5. The lowest BCUT2D eigenvalue weighted by Crippen LogP contribution is -2.53.